The van der Waals surface area contributed by atoms with Crippen molar-refractivity contribution >= 4 is 17.4 Å². The van der Waals surface area contributed by atoms with E-state index in [4.69, 9.17) is 14.9 Å². The van der Waals surface area contributed by atoms with Crippen molar-refractivity contribution in [3.63, 3.8) is 0 Å². The lowest BCUT2D eigenvalue weighted by molar-refractivity contribution is 0.0970. The summed E-state index contributed by atoms with van der Waals surface area (Å²) in [5, 5.41) is 0. The molecular weight excluding hydrogens is 402 g/mol. The quantitative estimate of drug-likeness (QED) is 0.559. The Morgan fingerprint density at radius 2 is 2.00 bits per heavy atom. The van der Waals surface area contributed by atoms with E-state index >= 15 is 0 Å². The summed E-state index contributed by atoms with van der Waals surface area (Å²) < 4.78 is 12.0. The first-order valence-corrected chi connectivity index (χ1v) is 9.85. The molecule has 0 saturated heterocycles. The van der Waals surface area contributed by atoms with E-state index in [0.29, 0.717) is 24.3 Å². The highest BCUT2D eigenvalue weighted by Crippen LogP contribution is 2.25. The van der Waals surface area contributed by atoms with Crippen LogP contribution in [0, 0.1) is 6.92 Å². The fourth-order valence-electron chi connectivity index (χ4n) is 3.21. The monoisotopic (exact) mass is 427 g/mol. The fourth-order valence-corrected chi connectivity index (χ4v) is 3.21. The minimum Gasteiger partial charge on any atom is -0.441 e. The van der Waals surface area contributed by atoms with E-state index in [0.717, 1.165) is 0 Å². The van der Waals surface area contributed by atoms with Crippen LogP contribution in [0.2, 0.25) is 0 Å². The molecule has 10 nitrogen and oxygen atoms in total. The molecule has 0 aliphatic heterocycles. The maximum atomic E-state index is 13.4. The average molecular weight is 427 g/mol. The minimum atomic E-state index is -0.760. The van der Waals surface area contributed by atoms with Gasteiger partial charge in [0.25, 0.3) is 11.5 Å². The van der Waals surface area contributed by atoms with E-state index in [1.54, 1.807) is 6.92 Å². The van der Waals surface area contributed by atoms with Crippen LogP contribution < -0.4 is 21.9 Å². The summed E-state index contributed by atoms with van der Waals surface area (Å²) in [6, 6.07) is 9.14. The standard InChI is InChI=1S/C21H25N5O5/c1-4-10-26-17(22)16(18(27)24-21(26)29)25(11-12-30-3)20(28)15-13(2)31-19(23-15)14-8-6-5-7-9-14/h5-9H,4,10-12,22H2,1-3H3,(H,24,27,29). The van der Waals surface area contributed by atoms with Crippen LogP contribution in [-0.4, -0.2) is 40.7 Å². The molecule has 0 aliphatic carbocycles. The van der Waals surface area contributed by atoms with E-state index < -0.39 is 17.2 Å². The molecule has 0 fully saturated rings. The summed E-state index contributed by atoms with van der Waals surface area (Å²) in [4.78, 5) is 46.0. The number of ether oxygens (including phenoxy) is 1. The van der Waals surface area contributed by atoms with Gasteiger partial charge in [-0.25, -0.2) is 9.78 Å². The van der Waals surface area contributed by atoms with Gasteiger partial charge in [-0.2, -0.15) is 0 Å². The first-order valence-electron chi connectivity index (χ1n) is 9.85. The molecule has 3 aromatic rings. The number of nitrogen functional groups attached to an aromatic ring is 1. The van der Waals surface area contributed by atoms with Crippen LogP contribution >= 0.6 is 0 Å². The number of amides is 1. The molecule has 3 N–H and O–H groups in total. The van der Waals surface area contributed by atoms with E-state index in [-0.39, 0.29) is 36.2 Å². The number of aryl methyl sites for hydroxylation is 1. The van der Waals surface area contributed by atoms with Gasteiger partial charge >= 0.3 is 5.69 Å². The number of nitrogens with zero attached hydrogens (tertiary/aromatic N) is 3. The topological polar surface area (TPSA) is 136 Å². The third-order valence-corrected chi connectivity index (χ3v) is 4.72. The Balaban J connectivity index is 2.10. The first-order chi connectivity index (χ1) is 14.9. The Labute approximate surface area is 178 Å². The van der Waals surface area contributed by atoms with E-state index in [1.165, 1.54) is 16.6 Å². The normalized spacial score (nSPS) is 10.9. The third-order valence-electron chi connectivity index (χ3n) is 4.72. The van der Waals surface area contributed by atoms with Gasteiger partial charge in [0.1, 0.15) is 11.6 Å². The summed E-state index contributed by atoms with van der Waals surface area (Å²) in [6.07, 6.45) is 0.616. The number of aromatic amines is 1. The number of hydrogen-bond acceptors (Lipinski definition) is 7. The lowest BCUT2D eigenvalue weighted by atomic mass is 10.2. The predicted octanol–water partition coefficient (Wildman–Crippen LogP) is 1.79. The van der Waals surface area contributed by atoms with Gasteiger partial charge in [0.2, 0.25) is 5.89 Å². The van der Waals surface area contributed by atoms with Crippen LogP contribution in [-0.2, 0) is 11.3 Å². The summed E-state index contributed by atoms with van der Waals surface area (Å²) >= 11 is 0. The number of carbonyl (C=O) groups is 1. The molecule has 0 aliphatic rings. The lowest BCUT2D eigenvalue weighted by Crippen LogP contribution is -2.42. The number of anilines is 2. The number of rotatable bonds is 8. The molecule has 0 spiro atoms. The van der Waals surface area contributed by atoms with Gasteiger partial charge in [0.15, 0.2) is 11.4 Å². The number of methoxy groups -OCH3 is 1. The molecule has 1 amide bonds. The maximum absolute atomic E-state index is 13.4. The van der Waals surface area contributed by atoms with E-state index in [1.807, 2.05) is 37.3 Å². The summed E-state index contributed by atoms with van der Waals surface area (Å²) in [5.41, 5.74) is 5.40. The molecule has 164 valence electrons. The number of oxazole rings is 1. The van der Waals surface area contributed by atoms with Gasteiger partial charge in [0, 0.05) is 25.8 Å². The lowest BCUT2D eigenvalue weighted by Gasteiger charge is -2.23. The molecule has 0 saturated carbocycles. The third kappa shape index (κ3) is 4.43. The molecule has 2 heterocycles. The van der Waals surface area contributed by atoms with Crippen LogP contribution in [0.4, 0.5) is 11.5 Å². The van der Waals surface area contributed by atoms with Crippen molar-refractivity contribution in [2.75, 3.05) is 30.9 Å². The Hall–Kier alpha value is -3.66. The molecule has 0 unspecified atom stereocenters. The second-order valence-corrected chi connectivity index (χ2v) is 6.88. The largest absolute Gasteiger partial charge is 0.441 e. The molecule has 2 aromatic heterocycles. The molecule has 10 heteroatoms. The molecular formula is C21H25N5O5. The minimum absolute atomic E-state index is 0.0277. The highest BCUT2D eigenvalue weighted by Gasteiger charge is 2.29. The van der Waals surface area contributed by atoms with Gasteiger partial charge in [0.05, 0.1) is 6.61 Å². The highest BCUT2D eigenvalue weighted by molar-refractivity contribution is 6.06. The van der Waals surface area contributed by atoms with Gasteiger partial charge in [-0.3, -0.25) is 24.0 Å². The summed E-state index contributed by atoms with van der Waals surface area (Å²) in [5.74, 6) is -0.0991. The zero-order valence-corrected chi connectivity index (χ0v) is 17.7. The number of aromatic nitrogens is 3. The zero-order valence-electron chi connectivity index (χ0n) is 17.7. The van der Waals surface area contributed by atoms with E-state index in [9.17, 15) is 14.4 Å². The van der Waals surface area contributed by atoms with Gasteiger partial charge in [-0.05, 0) is 25.5 Å². The Morgan fingerprint density at radius 1 is 1.29 bits per heavy atom. The number of nitrogens with one attached hydrogen (secondary N) is 1. The SMILES string of the molecule is CCCn1c(N)c(N(CCOC)C(=O)c2nc(-c3ccccc3)oc2C)c(=O)[nH]c1=O. The number of nitrogens with two attached hydrogens (primary N) is 1. The Morgan fingerprint density at radius 3 is 2.65 bits per heavy atom. The Kier molecular flexibility index (Phi) is 6.71. The van der Waals surface area contributed by atoms with Crippen molar-refractivity contribution in [2.45, 2.75) is 26.8 Å². The van der Waals surface area contributed by atoms with Crippen molar-refractivity contribution in [2.24, 2.45) is 0 Å². The highest BCUT2D eigenvalue weighted by atomic mass is 16.5. The summed E-state index contributed by atoms with van der Waals surface area (Å²) in [7, 11) is 1.48. The van der Waals surface area contributed by atoms with Gasteiger partial charge in [-0.15, -0.1) is 0 Å². The first kappa shape index (κ1) is 22.0. The van der Waals surface area contributed by atoms with Crippen molar-refractivity contribution in [1.29, 1.82) is 0 Å². The number of benzene rings is 1. The molecule has 0 radical (unpaired) electrons. The predicted molar refractivity (Wildman–Crippen MR) is 116 cm³/mol. The average Bonchev–Trinajstić information content (AvgIpc) is 3.15. The number of carbonyl (C=O) groups excluding carboxylic acids is 1. The molecule has 31 heavy (non-hydrogen) atoms. The van der Waals surface area contributed by atoms with Crippen molar-refractivity contribution in [3.8, 4) is 11.5 Å². The smallest absolute Gasteiger partial charge is 0.330 e. The van der Waals surface area contributed by atoms with Crippen LogP contribution in [0.1, 0.15) is 29.6 Å². The van der Waals surface area contributed by atoms with Crippen LogP contribution in [0.15, 0.2) is 44.3 Å². The van der Waals surface area contributed by atoms with Crippen LogP contribution in [0.3, 0.4) is 0 Å². The molecule has 0 bridgehead atoms. The van der Waals surface area contributed by atoms with Crippen molar-refractivity contribution in [3.05, 3.63) is 62.6 Å². The number of hydrogen-bond donors (Lipinski definition) is 2. The van der Waals surface area contributed by atoms with Crippen molar-refractivity contribution < 1.29 is 13.9 Å². The van der Waals surface area contributed by atoms with E-state index in [2.05, 4.69) is 9.97 Å². The zero-order chi connectivity index (χ0) is 22.5. The Bertz CT molecular complexity index is 1180. The molecule has 1 aromatic carbocycles. The van der Waals surface area contributed by atoms with Gasteiger partial charge in [-0.1, -0.05) is 25.1 Å². The summed E-state index contributed by atoms with van der Waals surface area (Å²) in [6.45, 7) is 3.95. The van der Waals surface area contributed by atoms with Crippen LogP contribution in [0.25, 0.3) is 11.5 Å². The number of H-pyrrole nitrogens is 1. The molecule has 0 atom stereocenters. The maximum Gasteiger partial charge on any atom is 0.330 e. The second-order valence-electron chi connectivity index (χ2n) is 6.88. The van der Waals surface area contributed by atoms with Crippen molar-refractivity contribution in [1.82, 2.24) is 14.5 Å². The second kappa shape index (κ2) is 9.43. The fraction of sp³-hybridized carbons (Fsp3) is 0.333. The van der Waals surface area contributed by atoms with Crippen LogP contribution in [0.5, 0.6) is 0 Å². The van der Waals surface area contributed by atoms with Gasteiger partial charge < -0.3 is 14.9 Å². The molecule has 3 rings (SSSR count).